The van der Waals surface area contributed by atoms with E-state index in [1.807, 2.05) is 20.8 Å². The Morgan fingerprint density at radius 3 is 2.87 bits per heavy atom. The van der Waals surface area contributed by atoms with Gasteiger partial charge in [0.05, 0.1) is 12.2 Å². The lowest BCUT2D eigenvalue weighted by Gasteiger charge is -2.34. The SMILES string of the molecule is CC(C)NC(=O)NCC1(C)CNCCO1. The molecule has 5 heteroatoms. The first kappa shape index (κ1) is 12.3. The molecule has 0 aromatic rings. The molecule has 1 saturated heterocycles. The Bertz CT molecular complexity index is 213. The van der Waals surface area contributed by atoms with Crippen LogP contribution in [-0.2, 0) is 4.74 Å². The van der Waals surface area contributed by atoms with Gasteiger partial charge >= 0.3 is 6.03 Å². The summed E-state index contributed by atoms with van der Waals surface area (Å²) in [6, 6.07) is 0.0172. The van der Waals surface area contributed by atoms with Crippen LogP contribution in [0, 0.1) is 0 Å². The van der Waals surface area contributed by atoms with Crippen molar-refractivity contribution < 1.29 is 9.53 Å². The minimum absolute atomic E-state index is 0.139. The maximum atomic E-state index is 11.3. The van der Waals surface area contributed by atoms with Crippen LogP contribution in [0.5, 0.6) is 0 Å². The van der Waals surface area contributed by atoms with Gasteiger partial charge in [-0.05, 0) is 20.8 Å². The Labute approximate surface area is 90.9 Å². The summed E-state index contributed by atoms with van der Waals surface area (Å²) < 4.78 is 5.62. The van der Waals surface area contributed by atoms with Crippen molar-refractivity contribution in [1.82, 2.24) is 16.0 Å². The quantitative estimate of drug-likeness (QED) is 0.624. The Morgan fingerprint density at radius 2 is 2.33 bits per heavy atom. The van der Waals surface area contributed by atoms with Crippen molar-refractivity contribution in [1.29, 1.82) is 0 Å². The average molecular weight is 215 g/mol. The second-order valence-electron chi connectivity index (χ2n) is 4.46. The van der Waals surface area contributed by atoms with Crippen molar-refractivity contribution in [3.8, 4) is 0 Å². The first-order valence-corrected chi connectivity index (χ1v) is 5.41. The molecular formula is C10H21N3O2. The number of carbonyl (C=O) groups is 1. The molecule has 1 aliphatic heterocycles. The van der Waals surface area contributed by atoms with Crippen LogP contribution in [0.1, 0.15) is 20.8 Å². The third-order valence-corrected chi connectivity index (χ3v) is 2.27. The van der Waals surface area contributed by atoms with Crippen LogP contribution >= 0.6 is 0 Å². The Kier molecular flexibility index (Phi) is 4.35. The highest BCUT2D eigenvalue weighted by Gasteiger charge is 2.28. The van der Waals surface area contributed by atoms with Gasteiger partial charge in [-0.2, -0.15) is 0 Å². The molecule has 0 spiro atoms. The summed E-state index contributed by atoms with van der Waals surface area (Å²) in [6.07, 6.45) is 0. The number of urea groups is 1. The van der Waals surface area contributed by atoms with Crippen molar-refractivity contribution in [3.05, 3.63) is 0 Å². The number of nitrogens with one attached hydrogen (secondary N) is 3. The van der Waals surface area contributed by atoms with E-state index < -0.39 is 0 Å². The lowest BCUT2D eigenvalue weighted by atomic mass is 10.1. The summed E-state index contributed by atoms with van der Waals surface area (Å²) in [7, 11) is 0. The average Bonchev–Trinajstić information content (AvgIpc) is 2.15. The third-order valence-electron chi connectivity index (χ3n) is 2.27. The number of rotatable bonds is 3. The van der Waals surface area contributed by atoms with Gasteiger partial charge in [0.15, 0.2) is 0 Å². The topological polar surface area (TPSA) is 62.4 Å². The largest absolute Gasteiger partial charge is 0.371 e. The maximum absolute atomic E-state index is 11.3. The van der Waals surface area contributed by atoms with Crippen LogP contribution in [0.2, 0.25) is 0 Å². The summed E-state index contributed by atoms with van der Waals surface area (Å²) in [5.74, 6) is 0. The van der Waals surface area contributed by atoms with E-state index in [-0.39, 0.29) is 17.7 Å². The van der Waals surface area contributed by atoms with Crippen LogP contribution in [0.15, 0.2) is 0 Å². The van der Waals surface area contributed by atoms with Gasteiger partial charge in [0.1, 0.15) is 0 Å². The van der Waals surface area contributed by atoms with Crippen LogP contribution in [0.3, 0.4) is 0 Å². The molecular weight excluding hydrogens is 194 g/mol. The van der Waals surface area contributed by atoms with E-state index in [0.717, 1.165) is 13.1 Å². The highest BCUT2D eigenvalue weighted by Crippen LogP contribution is 2.10. The molecule has 0 aromatic carbocycles. The van der Waals surface area contributed by atoms with Crippen LogP contribution in [-0.4, -0.2) is 43.9 Å². The molecule has 1 heterocycles. The number of morpholine rings is 1. The van der Waals surface area contributed by atoms with E-state index in [1.54, 1.807) is 0 Å². The summed E-state index contributed by atoms with van der Waals surface area (Å²) in [5, 5.41) is 8.83. The van der Waals surface area contributed by atoms with E-state index in [0.29, 0.717) is 13.2 Å². The zero-order valence-corrected chi connectivity index (χ0v) is 9.72. The second-order valence-corrected chi connectivity index (χ2v) is 4.46. The molecule has 0 aliphatic carbocycles. The second kappa shape index (κ2) is 5.32. The summed E-state index contributed by atoms with van der Waals surface area (Å²) in [5.41, 5.74) is -0.285. The van der Waals surface area contributed by atoms with Gasteiger partial charge in [0.2, 0.25) is 0 Å². The summed E-state index contributed by atoms with van der Waals surface area (Å²) in [6.45, 7) is 8.74. The molecule has 2 amide bonds. The molecule has 5 nitrogen and oxygen atoms in total. The first-order chi connectivity index (χ1) is 7.02. The Balaban J connectivity index is 2.25. The van der Waals surface area contributed by atoms with E-state index in [4.69, 9.17) is 4.74 Å². The van der Waals surface area contributed by atoms with Gasteiger partial charge in [-0.3, -0.25) is 0 Å². The lowest BCUT2D eigenvalue weighted by Crippen LogP contribution is -2.55. The number of hydrogen-bond acceptors (Lipinski definition) is 3. The van der Waals surface area contributed by atoms with Crippen molar-refractivity contribution in [2.75, 3.05) is 26.2 Å². The molecule has 3 N–H and O–H groups in total. The van der Waals surface area contributed by atoms with Crippen LogP contribution < -0.4 is 16.0 Å². The third kappa shape index (κ3) is 4.48. The fourth-order valence-corrected chi connectivity index (χ4v) is 1.47. The molecule has 0 bridgehead atoms. The van der Waals surface area contributed by atoms with Gasteiger partial charge in [-0.25, -0.2) is 4.79 Å². The zero-order chi connectivity index (χ0) is 11.3. The van der Waals surface area contributed by atoms with E-state index in [1.165, 1.54) is 0 Å². The molecule has 1 atom stereocenters. The number of ether oxygens (including phenoxy) is 1. The van der Waals surface area contributed by atoms with Crippen LogP contribution in [0.4, 0.5) is 4.79 Å². The molecule has 1 fully saturated rings. The molecule has 15 heavy (non-hydrogen) atoms. The monoisotopic (exact) mass is 215 g/mol. The lowest BCUT2D eigenvalue weighted by molar-refractivity contribution is -0.0489. The van der Waals surface area contributed by atoms with Crippen molar-refractivity contribution in [2.24, 2.45) is 0 Å². The molecule has 88 valence electrons. The molecule has 0 saturated carbocycles. The predicted octanol–water partition coefficient (Wildman–Crippen LogP) is 0.0725. The summed E-state index contributed by atoms with van der Waals surface area (Å²) >= 11 is 0. The Morgan fingerprint density at radius 1 is 1.60 bits per heavy atom. The normalized spacial score (nSPS) is 26.4. The van der Waals surface area contributed by atoms with Crippen molar-refractivity contribution in [2.45, 2.75) is 32.4 Å². The molecule has 1 unspecified atom stereocenters. The van der Waals surface area contributed by atoms with Crippen molar-refractivity contribution >= 4 is 6.03 Å². The van der Waals surface area contributed by atoms with Gasteiger partial charge < -0.3 is 20.7 Å². The van der Waals surface area contributed by atoms with Gasteiger partial charge in [0, 0.05) is 25.7 Å². The fourth-order valence-electron chi connectivity index (χ4n) is 1.47. The van der Waals surface area contributed by atoms with Crippen molar-refractivity contribution in [3.63, 3.8) is 0 Å². The minimum Gasteiger partial charge on any atom is -0.371 e. The Hall–Kier alpha value is -0.810. The smallest absolute Gasteiger partial charge is 0.315 e. The van der Waals surface area contributed by atoms with E-state index >= 15 is 0 Å². The zero-order valence-electron chi connectivity index (χ0n) is 9.72. The van der Waals surface area contributed by atoms with Gasteiger partial charge in [-0.1, -0.05) is 0 Å². The van der Waals surface area contributed by atoms with E-state index in [9.17, 15) is 4.79 Å². The fraction of sp³-hybridized carbons (Fsp3) is 0.900. The standard InChI is InChI=1S/C10H21N3O2/c1-8(2)13-9(14)12-7-10(3)6-11-4-5-15-10/h8,11H,4-7H2,1-3H3,(H2,12,13,14). The molecule has 0 radical (unpaired) electrons. The van der Waals surface area contributed by atoms with Crippen LogP contribution in [0.25, 0.3) is 0 Å². The maximum Gasteiger partial charge on any atom is 0.315 e. The predicted molar refractivity (Wildman–Crippen MR) is 58.9 cm³/mol. The number of amides is 2. The molecule has 1 rings (SSSR count). The van der Waals surface area contributed by atoms with E-state index in [2.05, 4.69) is 16.0 Å². The van der Waals surface area contributed by atoms with Gasteiger partial charge in [0.25, 0.3) is 0 Å². The number of carbonyl (C=O) groups excluding carboxylic acids is 1. The van der Waals surface area contributed by atoms with Gasteiger partial charge in [-0.15, -0.1) is 0 Å². The molecule has 1 aliphatic rings. The minimum atomic E-state index is -0.285. The molecule has 0 aromatic heterocycles. The highest BCUT2D eigenvalue weighted by molar-refractivity contribution is 5.74. The summed E-state index contributed by atoms with van der Waals surface area (Å²) in [4.78, 5) is 11.3. The number of hydrogen-bond donors (Lipinski definition) is 3. The highest BCUT2D eigenvalue weighted by atomic mass is 16.5. The first-order valence-electron chi connectivity index (χ1n) is 5.41.